The molecule has 0 fully saturated rings. The van der Waals surface area contributed by atoms with Crippen molar-refractivity contribution in [2.75, 3.05) is 5.32 Å². The Morgan fingerprint density at radius 1 is 1.06 bits per heavy atom. The van der Waals surface area contributed by atoms with Crippen molar-refractivity contribution in [3.8, 4) is 16.9 Å². The number of carboxylic acids is 1. The number of nitrogens with zero attached hydrogens (tertiary/aromatic N) is 1. The number of nitrogens with one attached hydrogen (secondary N) is 2. The van der Waals surface area contributed by atoms with Crippen molar-refractivity contribution in [3.05, 3.63) is 81.3 Å². The average molecular weight is 515 g/mol. The first-order valence-corrected chi connectivity index (χ1v) is 10.2. The molecule has 0 saturated heterocycles. The summed E-state index contributed by atoms with van der Waals surface area (Å²) in [5.41, 5.74) is 0.538. The number of benzene rings is 2. The van der Waals surface area contributed by atoms with E-state index in [2.05, 4.69) is 10.6 Å². The van der Waals surface area contributed by atoms with Gasteiger partial charge >= 0.3 is 65.1 Å². The number of aliphatic carboxylic acids is 1. The molecule has 0 aliphatic heterocycles. The summed E-state index contributed by atoms with van der Waals surface area (Å²) in [4.78, 5) is 36.3. The van der Waals surface area contributed by atoms with Crippen molar-refractivity contribution in [1.82, 2.24) is 9.88 Å². The SMILES string of the molecule is Cc1cc(-c2ccc(F)cc2F)cc([C@H](CC(=O)[O-])NC(=O)Nc2c([O-])cc(C)n(C)c2=O)c1.[Na+].[Na+]. The Kier molecular flexibility index (Phi) is 11.8. The van der Waals surface area contributed by atoms with Crippen LogP contribution in [0.1, 0.15) is 29.3 Å². The second kappa shape index (κ2) is 13.4. The van der Waals surface area contributed by atoms with Crippen molar-refractivity contribution in [2.45, 2.75) is 26.3 Å². The van der Waals surface area contributed by atoms with Gasteiger partial charge in [0.1, 0.15) is 17.3 Å². The van der Waals surface area contributed by atoms with Gasteiger partial charge in [0.05, 0.1) is 6.04 Å². The Bertz CT molecular complexity index is 1350. The van der Waals surface area contributed by atoms with Gasteiger partial charge in [-0.25, -0.2) is 13.6 Å². The first-order valence-electron chi connectivity index (χ1n) is 10.2. The Balaban J connectivity index is 0.00000324. The fourth-order valence-corrected chi connectivity index (χ4v) is 3.53. The van der Waals surface area contributed by atoms with Crippen LogP contribution in [0.5, 0.6) is 5.75 Å². The Hall–Kier alpha value is -2.21. The van der Waals surface area contributed by atoms with Crippen LogP contribution in [0.2, 0.25) is 0 Å². The predicted octanol–water partition coefficient (Wildman–Crippen LogP) is -3.97. The molecule has 3 aromatic rings. The third-order valence-electron chi connectivity index (χ3n) is 5.29. The number of pyridine rings is 1. The van der Waals surface area contributed by atoms with E-state index in [1.165, 1.54) is 29.8 Å². The molecule has 1 heterocycles. The van der Waals surface area contributed by atoms with Gasteiger partial charge in [-0.15, -0.1) is 0 Å². The van der Waals surface area contributed by atoms with Gasteiger partial charge in [-0.05, 0) is 49.2 Å². The molecule has 2 amide bonds. The molecule has 1 aromatic heterocycles. The minimum atomic E-state index is -1.47. The molecular formula is C24H21F2N3Na2O5. The summed E-state index contributed by atoms with van der Waals surface area (Å²) in [7, 11) is 1.43. The summed E-state index contributed by atoms with van der Waals surface area (Å²) in [6, 6.07) is 6.79. The van der Waals surface area contributed by atoms with Gasteiger partial charge in [-0.2, -0.15) is 0 Å². The molecule has 0 bridgehead atoms. The van der Waals surface area contributed by atoms with E-state index in [1.807, 2.05) is 0 Å². The van der Waals surface area contributed by atoms with Gasteiger partial charge in [0.25, 0.3) is 5.56 Å². The third kappa shape index (κ3) is 7.64. The minimum Gasteiger partial charge on any atom is -0.871 e. The largest absolute Gasteiger partial charge is 1.00 e. The Morgan fingerprint density at radius 2 is 1.72 bits per heavy atom. The number of anilines is 1. The fourth-order valence-electron chi connectivity index (χ4n) is 3.53. The van der Waals surface area contributed by atoms with Crippen LogP contribution in [-0.2, 0) is 11.8 Å². The second-order valence-corrected chi connectivity index (χ2v) is 7.87. The van der Waals surface area contributed by atoms with Crippen LogP contribution in [0.25, 0.3) is 11.1 Å². The summed E-state index contributed by atoms with van der Waals surface area (Å²) >= 11 is 0. The van der Waals surface area contributed by atoms with Crippen molar-refractivity contribution in [3.63, 3.8) is 0 Å². The van der Waals surface area contributed by atoms with Crippen molar-refractivity contribution >= 4 is 17.7 Å². The minimum absolute atomic E-state index is 0. The summed E-state index contributed by atoms with van der Waals surface area (Å²) in [6.45, 7) is 3.24. The first-order chi connectivity index (χ1) is 16.0. The number of hydrogen-bond acceptors (Lipinski definition) is 5. The first kappa shape index (κ1) is 31.8. The van der Waals surface area contributed by atoms with Crippen LogP contribution in [-0.4, -0.2) is 16.6 Å². The van der Waals surface area contributed by atoms with E-state index < -0.39 is 53.1 Å². The zero-order valence-corrected chi connectivity index (χ0v) is 24.6. The number of carbonyl (C=O) groups is 2. The van der Waals surface area contributed by atoms with Gasteiger partial charge in [-0.1, -0.05) is 23.4 Å². The van der Waals surface area contributed by atoms with Crippen molar-refractivity contribution in [2.24, 2.45) is 7.05 Å². The maximum Gasteiger partial charge on any atom is 1.00 e. The van der Waals surface area contributed by atoms with Gasteiger partial charge < -0.3 is 30.2 Å². The summed E-state index contributed by atoms with van der Waals surface area (Å²) < 4.78 is 28.8. The predicted molar refractivity (Wildman–Crippen MR) is 117 cm³/mol. The van der Waals surface area contributed by atoms with E-state index in [4.69, 9.17) is 0 Å². The van der Waals surface area contributed by atoms with E-state index in [1.54, 1.807) is 26.0 Å². The number of urea groups is 1. The molecular weight excluding hydrogens is 494 g/mol. The van der Waals surface area contributed by atoms with Gasteiger partial charge in [0.15, 0.2) is 0 Å². The smallest absolute Gasteiger partial charge is 0.871 e. The molecule has 0 spiro atoms. The van der Waals surface area contributed by atoms with Crippen LogP contribution in [0, 0.1) is 25.5 Å². The van der Waals surface area contributed by atoms with Gasteiger partial charge in [0, 0.05) is 36.8 Å². The van der Waals surface area contributed by atoms with E-state index >= 15 is 0 Å². The van der Waals surface area contributed by atoms with Crippen LogP contribution in [0.4, 0.5) is 19.3 Å². The summed E-state index contributed by atoms with van der Waals surface area (Å²) in [5.74, 6) is -3.73. The molecule has 0 aliphatic rings. The Labute approximate surface area is 250 Å². The number of carbonyl (C=O) groups excluding carboxylic acids is 2. The van der Waals surface area contributed by atoms with E-state index in [9.17, 15) is 33.4 Å². The zero-order valence-electron chi connectivity index (χ0n) is 20.6. The molecule has 178 valence electrons. The molecule has 2 N–H and O–H groups in total. The summed E-state index contributed by atoms with van der Waals surface area (Å²) in [6.07, 6.45) is -0.641. The number of aryl methyl sites for hydroxylation is 2. The second-order valence-electron chi connectivity index (χ2n) is 7.87. The number of aromatic nitrogens is 1. The number of amides is 2. The molecule has 1 atom stereocenters. The van der Waals surface area contributed by atoms with Crippen LogP contribution < -0.4 is 85.5 Å². The summed E-state index contributed by atoms with van der Waals surface area (Å²) in [5, 5.41) is 28.1. The molecule has 0 unspecified atom stereocenters. The average Bonchev–Trinajstić information content (AvgIpc) is 2.74. The monoisotopic (exact) mass is 515 g/mol. The fraction of sp³-hybridized carbons (Fsp3) is 0.208. The number of carboxylic acid groups (broad SMARTS) is 1. The molecule has 0 aliphatic carbocycles. The number of rotatable bonds is 6. The molecule has 2 aromatic carbocycles. The zero-order chi connectivity index (χ0) is 25.2. The number of hydrogen-bond donors (Lipinski definition) is 2. The van der Waals surface area contributed by atoms with E-state index in [-0.39, 0.29) is 64.7 Å². The topological polar surface area (TPSA) is 126 Å². The van der Waals surface area contributed by atoms with E-state index in [0.29, 0.717) is 22.4 Å². The van der Waals surface area contributed by atoms with Crippen molar-refractivity contribution in [1.29, 1.82) is 0 Å². The van der Waals surface area contributed by atoms with Gasteiger partial charge in [0.2, 0.25) is 0 Å². The van der Waals surface area contributed by atoms with Crippen LogP contribution in [0.3, 0.4) is 0 Å². The third-order valence-corrected chi connectivity index (χ3v) is 5.29. The Morgan fingerprint density at radius 3 is 2.33 bits per heavy atom. The van der Waals surface area contributed by atoms with Gasteiger partial charge in [-0.3, -0.25) is 4.79 Å². The number of halogens is 2. The molecule has 3 rings (SSSR count). The molecule has 0 saturated carbocycles. The molecule has 36 heavy (non-hydrogen) atoms. The van der Waals surface area contributed by atoms with E-state index in [0.717, 1.165) is 12.1 Å². The maximum absolute atomic E-state index is 14.3. The molecule has 12 heteroatoms. The molecule has 0 radical (unpaired) electrons. The quantitative estimate of drug-likeness (QED) is 0.324. The van der Waals surface area contributed by atoms with Crippen LogP contribution in [0.15, 0.2) is 47.3 Å². The van der Waals surface area contributed by atoms with Crippen molar-refractivity contribution < 1.29 is 87.7 Å². The van der Waals surface area contributed by atoms with Crippen LogP contribution >= 0.6 is 0 Å². The normalized spacial score (nSPS) is 11.0. The standard InChI is InChI=1S/C24H23F2N3O5.2Na/c1-12-6-14(17-5-4-16(25)10-18(17)26)9-15(7-12)19(11-21(31)32)27-24(34)28-22-20(30)8-13(2)29(3)23(22)33;;/h4-10,19,30H,11H2,1-3H3,(H,31,32)(H2,27,28,34);;/q;2*+1/p-2/t19-;;/m0../s1. The maximum atomic E-state index is 14.3. The molecule has 8 nitrogen and oxygen atoms in total.